The Hall–Kier alpha value is -1.72. The van der Waals surface area contributed by atoms with Crippen molar-refractivity contribution in [2.24, 2.45) is 5.92 Å². The number of hydrogen-bond acceptors (Lipinski definition) is 6. The monoisotopic (exact) mass is 337 g/mol. The van der Waals surface area contributed by atoms with Crippen LogP contribution in [0.1, 0.15) is 13.8 Å². The Morgan fingerprint density at radius 1 is 1.43 bits per heavy atom. The molecule has 0 spiro atoms. The van der Waals surface area contributed by atoms with Crippen molar-refractivity contribution in [3.05, 3.63) is 0 Å². The molecule has 2 heterocycles. The molecule has 0 bridgehead atoms. The summed E-state index contributed by atoms with van der Waals surface area (Å²) in [6.07, 6.45) is 5.14. The first-order valence-corrected chi connectivity index (χ1v) is 8.69. The van der Waals surface area contributed by atoms with E-state index >= 15 is 0 Å². The molecule has 1 saturated heterocycles. The van der Waals surface area contributed by atoms with Gasteiger partial charge in [0.05, 0.1) is 25.5 Å². The van der Waals surface area contributed by atoms with Gasteiger partial charge in [0, 0.05) is 19.6 Å². The van der Waals surface area contributed by atoms with Crippen molar-refractivity contribution < 1.29 is 9.53 Å². The van der Waals surface area contributed by atoms with E-state index in [0.717, 1.165) is 30.7 Å². The molecule has 1 aromatic heterocycles. The van der Waals surface area contributed by atoms with Gasteiger partial charge in [0.25, 0.3) is 0 Å². The highest BCUT2D eigenvalue weighted by atomic mass is 32.2. The first-order chi connectivity index (χ1) is 11.1. The van der Waals surface area contributed by atoms with Crippen LogP contribution in [0.15, 0.2) is 5.16 Å². The summed E-state index contributed by atoms with van der Waals surface area (Å²) in [5, 5.41) is 12.0. The molecule has 1 fully saturated rings. The molecule has 0 saturated carbocycles. The SMILES string of the molecule is C#CCNC(=O)CSc1nnc(N2CCOCC2)n1CC(C)C. The van der Waals surface area contributed by atoms with Crippen molar-refractivity contribution >= 4 is 23.6 Å². The molecule has 1 aliphatic heterocycles. The number of hydrogen-bond donors (Lipinski definition) is 1. The topological polar surface area (TPSA) is 72.3 Å². The lowest BCUT2D eigenvalue weighted by atomic mass is 10.2. The summed E-state index contributed by atoms with van der Waals surface area (Å²) in [4.78, 5) is 13.9. The van der Waals surface area contributed by atoms with E-state index in [2.05, 4.69) is 44.7 Å². The second kappa shape index (κ2) is 8.79. The van der Waals surface area contributed by atoms with Crippen LogP contribution in [0.4, 0.5) is 5.95 Å². The summed E-state index contributed by atoms with van der Waals surface area (Å²) >= 11 is 1.38. The number of anilines is 1. The summed E-state index contributed by atoms with van der Waals surface area (Å²) < 4.78 is 7.48. The summed E-state index contributed by atoms with van der Waals surface area (Å²) in [6, 6.07) is 0. The predicted octanol–water partition coefficient (Wildman–Crippen LogP) is 0.612. The summed E-state index contributed by atoms with van der Waals surface area (Å²) in [5.74, 6) is 3.88. The number of terminal acetylenes is 1. The Morgan fingerprint density at radius 2 is 2.17 bits per heavy atom. The lowest BCUT2D eigenvalue weighted by Crippen LogP contribution is -2.38. The van der Waals surface area contributed by atoms with Crippen molar-refractivity contribution in [1.82, 2.24) is 20.1 Å². The molecule has 2 rings (SSSR count). The second-order valence-corrected chi connectivity index (χ2v) is 6.60. The fourth-order valence-electron chi connectivity index (χ4n) is 2.24. The third-order valence-corrected chi connectivity index (χ3v) is 4.23. The number of morpholine rings is 1. The molecular weight excluding hydrogens is 314 g/mol. The van der Waals surface area contributed by atoms with Crippen LogP contribution in [-0.2, 0) is 16.1 Å². The van der Waals surface area contributed by atoms with E-state index in [0.29, 0.717) is 19.1 Å². The van der Waals surface area contributed by atoms with Crippen LogP contribution >= 0.6 is 11.8 Å². The van der Waals surface area contributed by atoms with Crippen LogP contribution < -0.4 is 10.2 Å². The third kappa shape index (κ3) is 5.15. The van der Waals surface area contributed by atoms with Crippen molar-refractivity contribution in [1.29, 1.82) is 0 Å². The van der Waals surface area contributed by atoms with E-state index in [1.807, 2.05) is 0 Å². The molecule has 23 heavy (non-hydrogen) atoms. The first-order valence-electron chi connectivity index (χ1n) is 7.70. The Kier molecular flexibility index (Phi) is 6.74. The average Bonchev–Trinajstić information content (AvgIpc) is 2.93. The highest BCUT2D eigenvalue weighted by Gasteiger charge is 2.21. The molecular formula is C15H23N5O2S. The molecule has 0 unspecified atom stereocenters. The highest BCUT2D eigenvalue weighted by molar-refractivity contribution is 7.99. The van der Waals surface area contributed by atoms with Crippen LogP contribution in [0, 0.1) is 18.3 Å². The summed E-state index contributed by atoms with van der Waals surface area (Å²) in [6.45, 7) is 8.38. The number of aromatic nitrogens is 3. The van der Waals surface area contributed by atoms with Gasteiger partial charge in [-0.25, -0.2) is 0 Å². The van der Waals surface area contributed by atoms with Gasteiger partial charge < -0.3 is 15.0 Å². The molecule has 1 amide bonds. The minimum atomic E-state index is -0.0973. The molecule has 1 aliphatic rings. The maximum Gasteiger partial charge on any atom is 0.231 e. The van der Waals surface area contributed by atoms with E-state index < -0.39 is 0 Å². The second-order valence-electron chi connectivity index (χ2n) is 5.66. The lowest BCUT2D eigenvalue weighted by Gasteiger charge is -2.28. The molecule has 8 heteroatoms. The smallest absolute Gasteiger partial charge is 0.231 e. The van der Waals surface area contributed by atoms with Gasteiger partial charge in [-0.1, -0.05) is 31.5 Å². The molecule has 0 aromatic carbocycles. The van der Waals surface area contributed by atoms with Crippen LogP contribution in [-0.4, -0.2) is 59.3 Å². The maximum atomic E-state index is 11.7. The number of amides is 1. The Balaban J connectivity index is 2.07. The van der Waals surface area contributed by atoms with Gasteiger partial charge >= 0.3 is 0 Å². The number of nitrogens with one attached hydrogen (secondary N) is 1. The number of carbonyl (C=O) groups is 1. The molecule has 1 N–H and O–H groups in total. The first kappa shape index (κ1) is 17.6. The number of nitrogens with zero attached hydrogens (tertiary/aromatic N) is 4. The Labute approximate surface area is 141 Å². The van der Waals surface area contributed by atoms with Crippen molar-refractivity contribution in [3.8, 4) is 12.3 Å². The molecule has 126 valence electrons. The van der Waals surface area contributed by atoms with Gasteiger partial charge in [0.2, 0.25) is 11.9 Å². The summed E-state index contributed by atoms with van der Waals surface area (Å²) in [7, 11) is 0. The largest absolute Gasteiger partial charge is 0.378 e. The maximum absolute atomic E-state index is 11.7. The quantitative estimate of drug-likeness (QED) is 0.581. The molecule has 7 nitrogen and oxygen atoms in total. The zero-order valence-corrected chi connectivity index (χ0v) is 14.4. The average molecular weight is 337 g/mol. The van der Waals surface area contributed by atoms with Crippen LogP contribution in [0.2, 0.25) is 0 Å². The zero-order valence-electron chi connectivity index (χ0n) is 13.6. The standard InChI is InChI=1S/C15H23N5O2S/c1-4-5-16-13(21)11-23-15-18-17-14(20(15)10-12(2)3)19-6-8-22-9-7-19/h1,12H,5-11H2,2-3H3,(H,16,21). The van der Waals surface area contributed by atoms with E-state index in [9.17, 15) is 4.79 Å². The summed E-state index contributed by atoms with van der Waals surface area (Å²) in [5.41, 5.74) is 0. The van der Waals surface area contributed by atoms with Crippen molar-refractivity contribution in [2.75, 3.05) is 43.5 Å². The lowest BCUT2D eigenvalue weighted by molar-refractivity contribution is -0.118. The fourth-order valence-corrected chi connectivity index (χ4v) is 3.01. The third-order valence-electron chi connectivity index (χ3n) is 3.26. The van der Waals surface area contributed by atoms with Gasteiger partial charge in [-0.2, -0.15) is 0 Å². The normalized spacial score (nSPS) is 14.8. The minimum absolute atomic E-state index is 0.0973. The Bertz CT molecular complexity index is 561. The van der Waals surface area contributed by atoms with Crippen LogP contribution in [0.5, 0.6) is 0 Å². The Morgan fingerprint density at radius 3 is 2.83 bits per heavy atom. The van der Waals surface area contributed by atoms with E-state index in [1.54, 1.807) is 0 Å². The van der Waals surface area contributed by atoms with Gasteiger partial charge in [0.15, 0.2) is 5.16 Å². The molecule has 0 aliphatic carbocycles. The van der Waals surface area contributed by atoms with Crippen molar-refractivity contribution in [2.45, 2.75) is 25.5 Å². The van der Waals surface area contributed by atoms with Gasteiger partial charge in [0.1, 0.15) is 0 Å². The number of ether oxygens (including phenoxy) is 1. The molecule has 1 aromatic rings. The van der Waals surface area contributed by atoms with Crippen LogP contribution in [0.25, 0.3) is 0 Å². The predicted molar refractivity (Wildman–Crippen MR) is 90.5 cm³/mol. The number of rotatable bonds is 7. The van der Waals surface area contributed by atoms with Gasteiger partial charge in [-0.3, -0.25) is 9.36 Å². The highest BCUT2D eigenvalue weighted by Crippen LogP contribution is 2.23. The van der Waals surface area contributed by atoms with Gasteiger partial charge in [-0.05, 0) is 5.92 Å². The number of thioether (sulfide) groups is 1. The number of carbonyl (C=O) groups excluding carboxylic acids is 1. The van der Waals surface area contributed by atoms with E-state index in [-0.39, 0.29) is 18.2 Å². The van der Waals surface area contributed by atoms with Gasteiger partial charge in [-0.15, -0.1) is 16.6 Å². The van der Waals surface area contributed by atoms with Crippen LogP contribution in [0.3, 0.4) is 0 Å². The zero-order chi connectivity index (χ0) is 16.7. The molecule has 0 radical (unpaired) electrons. The van der Waals surface area contributed by atoms with E-state index in [4.69, 9.17) is 11.2 Å². The fraction of sp³-hybridized carbons (Fsp3) is 0.667. The minimum Gasteiger partial charge on any atom is -0.378 e. The molecule has 0 atom stereocenters. The van der Waals surface area contributed by atoms with Crippen molar-refractivity contribution in [3.63, 3.8) is 0 Å². The van der Waals surface area contributed by atoms with E-state index in [1.165, 1.54) is 11.8 Å².